The number of nitrogens with zero attached hydrogens (tertiary/aromatic N) is 3. The molecule has 1 aliphatic heterocycles. The second-order valence-corrected chi connectivity index (χ2v) is 4.76. The van der Waals surface area contributed by atoms with Crippen LogP contribution in [0.15, 0.2) is 24.4 Å². The summed E-state index contributed by atoms with van der Waals surface area (Å²) in [6, 6.07) is 4.61. The van der Waals surface area contributed by atoms with E-state index in [-0.39, 0.29) is 24.0 Å². The number of carbonyl (C=O) groups excluding carboxylic acids is 1. The average Bonchev–Trinajstić information content (AvgIpc) is 2.89. The maximum absolute atomic E-state index is 11.3. The topological polar surface area (TPSA) is 111 Å². The molecule has 9 heteroatoms. The normalized spacial score (nSPS) is 13.0. The molecule has 2 aromatic rings. The molecule has 3 rings (SSSR count). The molecule has 0 spiro atoms. The molecule has 9 nitrogen and oxygen atoms in total. The number of hydrogen-bond acceptors (Lipinski definition) is 6. The van der Waals surface area contributed by atoms with Crippen LogP contribution in [0.2, 0.25) is 0 Å². The summed E-state index contributed by atoms with van der Waals surface area (Å²) in [6.45, 7) is 0.219. The van der Waals surface area contributed by atoms with Gasteiger partial charge in [0.25, 0.3) is 11.6 Å². The molecule has 0 atom stereocenters. The molecule has 114 valence electrons. The molecule has 1 aromatic carbocycles. The summed E-state index contributed by atoms with van der Waals surface area (Å²) in [4.78, 5) is 22.1. The molecule has 0 radical (unpaired) electrons. The number of amides is 1. The number of nitro groups is 1. The Morgan fingerprint density at radius 3 is 3.05 bits per heavy atom. The van der Waals surface area contributed by atoms with Gasteiger partial charge in [0, 0.05) is 13.2 Å². The van der Waals surface area contributed by atoms with Crippen LogP contribution in [0.1, 0.15) is 5.69 Å². The van der Waals surface area contributed by atoms with Crippen molar-refractivity contribution in [3.05, 3.63) is 40.2 Å². The van der Waals surface area contributed by atoms with E-state index < -0.39 is 4.92 Å². The Labute approximate surface area is 125 Å². The zero-order valence-corrected chi connectivity index (χ0v) is 11.7. The molecule has 0 saturated heterocycles. The van der Waals surface area contributed by atoms with Gasteiger partial charge in [-0.05, 0) is 12.1 Å². The minimum Gasteiger partial charge on any atom is -0.481 e. The molecule has 0 unspecified atom stereocenters. The van der Waals surface area contributed by atoms with Gasteiger partial charge >= 0.3 is 0 Å². The maximum Gasteiger partial charge on any atom is 0.296 e. The van der Waals surface area contributed by atoms with Crippen LogP contribution in [0.4, 0.5) is 17.1 Å². The van der Waals surface area contributed by atoms with Gasteiger partial charge in [-0.3, -0.25) is 19.6 Å². The molecule has 2 heterocycles. The van der Waals surface area contributed by atoms with Crippen molar-refractivity contribution in [1.82, 2.24) is 9.78 Å². The predicted octanol–water partition coefficient (Wildman–Crippen LogP) is 1.27. The predicted molar refractivity (Wildman–Crippen MR) is 77.8 cm³/mol. The molecule has 0 fully saturated rings. The number of rotatable bonds is 4. The van der Waals surface area contributed by atoms with Gasteiger partial charge in [-0.25, -0.2) is 0 Å². The molecule has 2 N–H and O–H groups in total. The lowest BCUT2D eigenvalue weighted by atomic mass is 10.2. The monoisotopic (exact) mass is 303 g/mol. The first-order chi connectivity index (χ1) is 10.5. The highest BCUT2D eigenvalue weighted by molar-refractivity contribution is 5.96. The SMILES string of the molecule is Cn1nccc1CNc1cc2c(cc1[N+](=O)[O-])OCC(=O)N2. The van der Waals surface area contributed by atoms with Crippen molar-refractivity contribution in [2.24, 2.45) is 7.05 Å². The van der Waals surface area contributed by atoms with Crippen molar-refractivity contribution in [2.45, 2.75) is 6.54 Å². The summed E-state index contributed by atoms with van der Waals surface area (Å²) in [6.07, 6.45) is 1.65. The molecule has 0 aliphatic carbocycles. The number of anilines is 2. The zero-order valence-electron chi connectivity index (χ0n) is 11.7. The third-order valence-corrected chi connectivity index (χ3v) is 3.31. The third-order valence-electron chi connectivity index (χ3n) is 3.31. The number of benzene rings is 1. The van der Waals surface area contributed by atoms with E-state index in [1.54, 1.807) is 17.9 Å². The fourth-order valence-corrected chi connectivity index (χ4v) is 2.17. The standard InChI is InChI=1S/C13H13N5O4/c1-17-8(2-3-15-17)6-14-9-4-10-12(5-11(9)18(20)21)22-7-13(19)16-10/h2-5,14H,6-7H2,1H3,(H,16,19). The molecule has 1 amide bonds. The second kappa shape index (κ2) is 5.35. The van der Waals surface area contributed by atoms with E-state index in [1.807, 2.05) is 6.07 Å². The zero-order chi connectivity index (χ0) is 15.7. The number of aryl methyl sites for hydroxylation is 1. The van der Waals surface area contributed by atoms with E-state index in [9.17, 15) is 14.9 Å². The van der Waals surface area contributed by atoms with Gasteiger partial charge in [0.1, 0.15) is 5.69 Å². The van der Waals surface area contributed by atoms with Crippen molar-refractivity contribution in [3.8, 4) is 5.75 Å². The number of nitro benzene ring substituents is 1. The molecule has 0 bridgehead atoms. The Morgan fingerprint density at radius 2 is 2.36 bits per heavy atom. The van der Waals surface area contributed by atoms with E-state index in [4.69, 9.17) is 4.74 Å². The fraction of sp³-hybridized carbons (Fsp3) is 0.231. The van der Waals surface area contributed by atoms with Crippen molar-refractivity contribution >= 4 is 23.0 Å². The van der Waals surface area contributed by atoms with Gasteiger partial charge in [0.15, 0.2) is 12.4 Å². The number of hydrogen-bond donors (Lipinski definition) is 2. The average molecular weight is 303 g/mol. The van der Waals surface area contributed by atoms with Crippen LogP contribution in [0.25, 0.3) is 0 Å². The first-order valence-electron chi connectivity index (χ1n) is 6.50. The molecule has 22 heavy (non-hydrogen) atoms. The molecule has 1 aliphatic rings. The maximum atomic E-state index is 11.3. The van der Waals surface area contributed by atoms with E-state index in [0.29, 0.717) is 17.9 Å². The van der Waals surface area contributed by atoms with Crippen molar-refractivity contribution in [2.75, 3.05) is 17.2 Å². The quantitative estimate of drug-likeness (QED) is 0.650. The third kappa shape index (κ3) is 2.55. The summed E-state index contributed by atoms with van der Waals surface area (Å²) in [5, 5.41) is 20.9. The molecule has 0 saturated carbocycles. The Morgan fingerprint density at radius 1 is 1.55 bits per heavy atom. The van der Waals surface area contributed by atoms with E-state index >= 15 is 0 Å². The second-order valence-electron chi connectivity index (χ2n) is 4.76. The van der Waals surface area contributed by atoms with Crippen LogP contribution in [0, 0.1) is 10.1 Å². The fourth-order valence-electron chi connectivity index (χ4n) is 2.17. The highest BCUT2D eigenvalue weighted by atomic mass is 16.6. The van der Waals surface area contributed by atoms with Crippen LogP contribution in [-0.4, -0.2) is 27.2 Å². The minimum atomic E-state index is -0.494. The van der Waals surface area contributed by atoms with Gasteiger partial charge in [0.2, 0.25) is 0 Å². The summed E-state index contributed by atoms with van der Waals surface area (Å²) >= 11 is 0. The van der Waals surface area contributed by atoms with E-state index in [1.165, 1.54) is 12.1 Å². The Balaban J connectivity index is 1.91. The highest BCUT2D eigenvalue weighted by Crippen LogP contribution is 2.37. The molecular formula is C13H13N5O4. The lowest BCUT2D eigenvalue weighted by molar-refractivity contribution is -0.384. The summed E-state index contributed by atoms with van der Waals surface area (Å²) in [5.41, 5.74) is 1.47. The van der Waals surface area contributed by atoms with Crippen LogP contribution in [-0.2, 0) is 18.4 Å². The van der Waals surface area contributed by atoms with Crippen molar-refractivity contribution < 1.29 is 14.5 Å². The van der Waals surface area contributed by atoms with Crippen LogP contribution in [0.5, 0.6) is 5.75 Å². The number of carbonyl (C=O) groups is 1. The molecule has 1 aromatic heterocycles. The summed E-state index contributed by atoms with van der Waals surface area (Å²) in [7, 11) is 1.78. The Hall–Kier alpha value is -3.10. The van der Waals surface area contributed by atoms with Crippen LogP contribution in [0.3, 0.4) is 0 Å². The Kier molecular flexibility index (Phi) is 3.37. The summed E-state index contributed by atoms with van der Waals surface area (Å²) in [5.74, 6) is -0.00341. The smallest absolute Gasteiger partial charge is 0.296 e. The first kappa shape index (κ1) is 13.9. The lowest BCUT2D eigenvalue weighted by Crippen LogP contribution is -2.25. The van der Waals surface area contributed by atoms with Crippen molar-refractivity contribution in [1.29, 1.82) is 0 Å². The lowest BCUT2D eigenvalue weighted by Gasteiger charge is -2.19. The number of aromatic nitrogens is 2. The molecular weight excluding hydrogens is 290 g/mol. The Bertz CT molecular complexity index is 755. The van der Waals surface area contributed by atoms with Crippen LogP contribution < -0.4 is 15.4 Å². The highest BCUT2D eigenvalue weighted by Gasteiger charge is 2.23. The van der Waals surface area contributed by atoms with Gasteiger partial charge in [-0.15, -0.1) is 0 Å². The van der Waals surface area contributed by atoms with Gasteiger partial charge in [-0.2, -0.15) is 5.10 Å². The summed E-state index contributed by atoms with van der Waals surface area (Å²) < 4.78 is 6.86. The number of nitrogens with one attached hydrogen (secondary N) is 2. The van der Waals surface area contributed by atoms with Crippen molar-refractivity contribution in [3.63, 3.8) is 0 Å². The number of fused-ring (bicyclic) bond motifs is 1. The van der Waals surface area contributed by atoms with E-state index in [0.717, 1.165) is 5.69 Å². The number of ether oxygens (including phenoxy) is 1. The first-order valence-corrected chi connectivity index (χ1v) is 6.50. The van der Waals surface area contributed by atoms with Gasteiger partial charge in [0.05, 0.1) is 28.9 Å². The van der Waals surface area contributed by atoms with Gasteiger partial charge < -0.3 is 15.4 Å². The minimum absolute atomic E-state index is 0.114. The van der Waals surface area contributed by atoms with E-state index in [2.05, 4.69) is 15.7 Å². The van der Waals surface area contributed by atoms with Gasteiger partial charge in [-0.1, -0.05) is 0 Å². The largest absolute Gasteiger partial charge is 0.481 e. The van der Waals surface area contributed by atoms with Crippen LogP contribution >= 0.6 is 0 Å².